The fourth-order valence-electron chi connectivity index (χ4n) is 2.09. The molecule has 2 nitrogen and oxygen atoms in total. The van der Waals surface area contributed by atoms with E-state index in [1.165, 1.54) is 32.5 Å². The van der Waals surface area contributed by atoms with Crippen LogP contribution in [0.3, 0.4) is 0 Å². The van der Waals surface area contributed by atoms with Gasteiger partial charge in [0.25, 0.3) is 0 Å². The van der Waals surface area contributed by atoms with Crippen LogP contribution >= 0.6 is 0 Å². The predicted molar refractivity (Wildman–Crippen MR) is 89.4 cm³/mol. The zero-order valence-corrected chi connectivity index (χ0v) is 17.9. The van der Waals surface area contributed by atoms with Crippen LogP contribution in [0.4, 0.5) is 0 Å². The molecule has 0 saturated heterocycles. The van der Waals surface area contributed by atoms with E-state index in [0.717, 1.165) is 25.9 Å². The molecule has 0 radical (unpaired) electrons. The molecule has 0 saturated carbocycles. The molecule has 0 aromatic carbocycles. The maximum atomic E-state index is 3.85. The molecule has 0 aromatic heterocycles. The third-order valence-electron chi connectivity index (χ3n) is 3.15. The summed E-state index contributed by atoms with van der Waals surface area (Å²) in [7, 11) is 0. The fraction of sp³-hybridized carbons (Fsp3) is 0.882. The summed E-state index contributed by atoms with van der Waals surface area (Å²) in [5.41, 5.74) is 0. The van der Waals surface area contributed by atoms with E-state index in [4.69, 9.17) is 0 Å². The molecule has 0 bridgehead atoms. The molecule has 0 unspecified atom stereocenters. The molecule has 0 aliphatic rings. The molecule has 118 valence electrons. The summed E-state index contributed by atoms with van der Waals surface area (Å²) < 4.78 is 0. The Labute approximate surface area is 142 Å². The fourth-order valence-corrected chi connectivity index (χ4v) is 2.09. The molecule has 0 aliphatic carbocycles. The Kier molecular flexibility index (Phi) is 24.9. The Morgan fingerprint density at radius 3 is 1.60 bits per heavy atom. The van der Waals surface area contributed by atoms with Gasteiger partial charge in [-0.1, -0.05) is 20.8 Å². The monoisotopic (exact) mass is 334 g/mol. The van der Waals surface area contributed by atoms with Crippen molar-refractivity contribution in [3.8, 4) is 0 Å². The first-order valence-corrected chi connectivity index (χ1v) is 8.12. The summed E-state index contributed by atoms with van der Waals surface area (Å²) in [6.07, 6.45) is 4.57. The van der Waals surface area contributed by atoms with Crippen LogP contribution in [0.2, 0.25) is 0 Å². The van der Waals surface area contributed by atoms with E-state index in [1.54, 1.807) is 0 Å². The Balaban J connectivity index is -0.000000277. The Morgan fingerprint density at radius 1 is 0.800 bits per heavy atom. The largest absolute Gasteiger partial charge is 2.00 e. The van der Waals surface area contributed by atoms with Crippen LogP contribution in [0.25, 0.3) is 0 Å². The van der Waals surface area contributed by atoms with Gasteiger partial charge in [0.15, 0.2) is 0 Å². The summed E-state index contributed by atoms with van der Waals surface area (Å²) in [5, 5.41) is 0. The molecule has 20 heavy (non-hydrogen) atoms. The van der Waals surface area contributed by atoms with Crippen LogP contribution in [-0.2, 0) is 19.5 Å². The molecular formula is C17H38N2Zn. The topological polar surface area (TPSA) is 6.48 Å². The van der Waals surface area contributed by atoms with E-state index in [-0.39, 0.29) is 19.5 Å². The average molecular weight is 336 g/mol. The minimum absolute atomic E-state index is 0. The third-order valence-corrected chi connectivity index (χ3v) is 3.15. The molecule has 0 atom stereocenters. The average Bonchev–Trinajstić information content (AvgIpc) is 2.39. The van der Waals surface area contributed by atoms with Crippen molar-refractivity contribution in [3.63, 3.8) is 0 Å². The maximum absolute atomic E-state index is 3.85. The summed E-state index contributed by atoms with van der Waals surface area (Å²) in [4.78, 5) is 4.89. The van der Waals surface area contributed by atoms with Crippen LogP contribution in [0.1, 0.15) is 60.3 Å². The molecule has 0 amide bonds. The van der Waals surface area contributed by atoms with Gasteiger partial charge in [-0.3, -0.25) is 0 Å². The zero-order chi connectivity index (χ0) is 15.1. The van der Waals surface area contributed by atoms with Gasteiger partial charge in [-0.05, 0) is 59.4 Å². The molecule has 0 spiro atoms. The van der Waals surface area contributed by atoms with Crippen molar-refractivity contribution in [2.24, 2.45) is 0 Å². The van der Waals surface area contributed by atoms with Crippen LogP contribution in [0.5, 0.6) is 0 Å². The minimum atomic E-state index is 0. The third kappa shape index (κ3) is 16.6. The van der Waals surface area contributed by atoms with Crippen molar-refractivity contribution in [3.05, 3.63) is 13.8 Å². The van der Waals surface area contributed by atoms with Crippen molar-refractivity contribution in [2.45, 2.75) is 66.3 Å². The number of rotatable bonds is 10. The van der Waals surface area contributed by atoms with Gasteiger partial charge >= 0.3 is 19.5 Å². The van der Waals surface area contributed by atoms with Gasteiger partial charge in [-0.2, -0.15) is 12.8 Å². The molecule has 3 heteroatoms. The molecule has 0 heterocycles. The van der Waals surface area contributed by atoms with E-state index >= 15 is 0 Å². The zero-order valence-electron chi connectivity index (χ0n) is 15.0. The van der Waals surface area contributed by atoms with Crippen molar-refractivity contribution >= 4 is 0 Å². The van der Waals surface area contributed by atoms with Gasteiger partial charge in [0.1, 0.15) is 0 Å². The molecule has 0 N–H and O–H groups in total. The molecule has 0 aromatic rings. The molecule has 0 aliphatic heterocycles. The molecular weight excluding hydrogens is 298 g/mol. The quantitative estimate of drug-likeness (QED) is 0.434. The van der Waals surface area contributed by atoms with E-state index in [0.29, 0.717) is 6.04 Å². The summed E-state index contributed by atoms with van der Waals surface area (Å²) >= 11 is 0. The van der Waals surface area contributed by atoms with Gasteiger partial charge in [0.05, 0.1) is 0 Å². The second kappa shape index (κ2) is 19.5. The normalized spacial score (nSPS) is 10.5. The van der Waals surface area contributed by atoms with E-state index < -0.39 is 0 Å². The second-order valence-corrected chi connectivity index (χ2v) is 5.27. The van der Waals surface area contributed by atoms with Crippen LogP contribution in [0.15, 0.2) is 0 Å². The van der Waals surface area contributed by atoms with Crippen molar-refractivity contribution < 1.29 is 19.5 Å². The van der Waals surface area contributed by atoms with Gasteiger partial charge < -0.3 is 23.6 Å². The molecule has 0 fully saturated rings. The maximum Gasteiger partial charge on any atom is 2.00 e. The van der Waals surface area contributed by atoms with Gasteiger partial charge in [0, 0.05) is 6.04 Å². The van der Waals surface area contributed by atoms with E-state index in [2.05, 4.69) is 58.3 Å². The van der Waals surface area contributed by atoms with Gasteiger partial charge in [-0.15, -0.1) is 0 Å². The first-order chi connectivity index (χ1) is 9.06. The number of hydrogen-bond acceptors (Lipinski definition) is 2. The standard InChI is InChI=1S/C9H20N.C8H18N.Zn/c1-5-7-10(8-6-2)9(3)4;1-4-7-9(6-3)8-5-2;/h9H,1,5-8H2,2-4H3;1,4-8H2,2-3H3;/q2*-1;+2. The molecule has 0 rings (SSSR count). The van der Waals surface area contributed by atoms with E-state index in [9.17, 15) is 0 Å². The van der Waals surface area contributed by atoms with Gasteiger partial charge in [-0.25, -0.2) is 0 Å². The number of nitrogens with zero attached hydrogens (tertiary/aromatic N) is 2. The summed E-state index contributed by atoms with van der Waals surface area (Å²) in [6.45, 7) is 24.7. The predicted octanol–water partition coefficient (Wildman–Crippen LogP) is 4.27. The van der Waals surface area contributed by atoms with Crippen LogP contribution in [0, 0.1) is 13.8 Å². The summed E-state index contributed by atoms with van der Waals surface area (Å²) in [6, 6.07) is 0.682. The van der Waals surface area contributed by atoms with Gasteiger partial charge in [0.2, 0.25) is 0 Å². The first-order valence-electron chi connectivity index (χ1n) is 8.12. The Bertz CT molecular complexity index is 151. The van der Waals surface area contributed by atoms with Crippen molar-refractivity contribution in [1.29, 1.82) is 0 Å². The smallest absolute Gasteiger partial charge is 0.342 e. The summed E-state index contributed by atoms with van der Waals surface area (Å²) in [5.74, 6) is 0. The second-order valence-electron chi connectivity index (χ2n) is 5.27. The number of hydrogen-bond donors (Lipinski definition) is 0. The first kappa shape index (κ1) is 25.5. The minimum Gasteiger partial charge on any atom is -0.342 e. The Morgan fingerprint density at radius 2 is 1.30 bits per heavy atom. The van der Waals surface area contributed by atoms with Crippen molar-refractivity contribution in [1.82, 2.24) is 9.80 Å². The van der Waals surface area contributed by atoms with Crippen molar-refractivity contribution in [2.75, 3.05) is 32.7 Å². The SMILES string of the molecule is [CH2-]CCN(CC)CCC.[CH2-]CCN(CCC)C(C)C.[Zn+2]. The van der Waals surface area contributed by atoms with E-state index in [1.807, 2.05) is 0 Å². The van der Waals surface area contributed by atoms with Crippen LogP contribution < -0.4 is 0 Å². The Hall–Kier alpha value is 0.543. The van der Waals surface area contributed by atoms with Crippen LogP contribution in [-0.4, -0.2) is 48.6 Å².